The topological polar surface area (TPSA) is 64.4 Å². The molecule has 1 aliphatic carbocycles. The maximum atomic E-state index is 11.2. The maximum Gasteiger partial charge on any atom is 0.335 e. The lowest BCUT2D eigenvalue weighted by Gasteiger charge is -2.28. The molecule has 1 fully saturated rings. The van der Waals surface area contributed by atoms with E-state index in [2.05, 4.69) is 18.4 Å². The van der Waals surface area contributed by atoms with Gasteiger partial charge in [0.25, 0.3) is 0 Å². The smallest absolute Gasteiger partial charge is 0.335 e. The summed E-state index contributed by atoms with van der Waals surface area (Å²) in [5.41, 5.74) is 1.75. The van der Waals surface area contributed by atoms with Crippen LogP contribution in [0.3, 0.4) is 0 Å². The number of ether oxygens (including phenoxy) is 1. The van der Waals surface area contributed by atoms with Crippen LogP contribution in [0.4, 0.5) is 0 Å². The molecule has 0 amide bonds. The van der Waals surface area contributed by atoms with E-state index in [4.69, 9.17) is 9.72 Å². The second-order valence-electron chi connectivity index (χ2n) is 6.33. The van der Waals surface area contributed by atoms with E-state index in [0.29, 0.717) is 18.1 Å². The van der Waals surface area contributed by atoms with E-state index in [-0.39, 0.29) is 5.54 Å². The van der Waals surface area contributed by atoms with Crippen molar-refractivity contribution >= 4 is 17.0 Å². The fourth-order valence-corrected chi connectivity index (χ4v) is 2.90. The van der Waals surface area contributed by atoms with Crippen LogP contribution in [0.1, 0.15) is 48.8 Å². The summed E-state index contributed by atoms with van der Waals surface area (Å²) in [4.78, 5) is 16.0. The van der Waals surface area contributed by atoms with Gasteiger partial charge in [-0.2, -0.15) is 0 Å². The van der Waals surface area contributed by atoms with Crippen LogP contribution in [0.25, 0.3) is 11.0 Å². The van der Waals surface area contributed by atoms with E-state index < -0.39 is 5.97 Å². The number of imidazole rings is 1. The molecule has 5 nitrogen and oxygen atoms in total. The minimum atomic E-state index is -0.915. The second-order valence-corrected chi connectivity index (χ2v) is 6.33. The average molecular weight is 288 g/mol. The third-order valence-electron chi connectivity index (χ3n) is 3.97. The van der Waals surface area contributed by atoms with Gasteiger partial charge >= 0.3 is 5.97 Å². The molecule has 1 aromatic carbocycles. The number of aromatic carboxylic acids is 1. The number of methoxy groups -OCH3 is 1. The highest BCUT2D eigenvalue weighted by Crippen LogP contribution is 2.42. The number of carbonyl (C=O) groups is 1. The summed E-state index contributed by atoms with van der Waals surface area (Å²) in [7, 11) is 1.68. The summed E-state index contributed by atoms with van der Waals surface area (Å²) >= 11 is 0. The molecule has 1 saturated carbocycles. The molecular weight excluding hydrogens is 268 g/mol. The number of hydrogen-bond acceptors (Lipinski definition) is 3. The number of fused-ring (bicyclic) bond motifs is 1. The quantitative estimate of drug-likeness (QED) is 0.918. The molecule has 5 heteroatoms. The second kappa shape index (κ2) is 4.84. The van der Waals surface area contributed by atoms with Crippen LogP contribution in [0.5, 0.6) is 0 Å². The van der Waals surface area contributed by atoms with Crippen molar-refractivity contribution in [3.05, 3.63) is 29.6 Å². The van der Waals surface area contributed by atoms with Crippen LogP contribution >= 0.6 is 0 Å². The van der Waals surface area contributed by atoms with Crippen LogP contribution in [0, 0.1) is 0 Å². The largest absolute Gasteiger partial charge is 0.478 e. The monoisotopic (exact) mass is 288 g/mol. The first-order chi connectivity index (χ1) is 9.94. The zero-order chi connectivity index (χ0) is 15.2. The summed E-state index contributed by atoms with van der Waals surface area (Å²) in [5, 5.41) is 9.22. The minimum absolute atomic E-state index is 0.265. The van der Waals surface area contributed by atoms with Gasteiger partial charge in [-0.3, -0.25) is 0 Å². The number of carboxylic acids is 1. The Morgan fingerprint density at radius 3 is 2.76 bits per heavy atom. The lowest BCUT2D eigenvalue weighted by Crippen LogP contribution is -2.32. The molecule has 112 valence electrons. The Hall–Kier alpha value is -1.88. The van der Waals surface area contributed by atoms with Gasteiger partial charge in [0.05, 0.1) is 28.7 Å². The highest BCUT2D eigenvalue weighted by molar-refractivity contribution is 5.92. The van der Waals surface area contributed by atoms with Crippen LogP contribution in [-0.4, -0.2) is 34.3 Å². The first kappa shape index (κ1) is 14.1. The predicted octanol–water partition coefficient (Wildman–Crippen LogP) is 2.99. The van der Waals surface area contributed by atoms with Crippen molar-refractivity contribution in [2.75, 3.05) is 13.7 Å². The summed E-state index contributed by atoms with van der Waals surface area (Å²) in [6.07, 6.45) is 2.30. The highest BCUT2D eigenvalue weighted by Gasteiger charge is 2.34. The summed E-state index contributed by atoms with van der Waals surface area (Å²) in [6.45, 7) is 4.74. The summed E-state index contributed by atoms with van der Waals surface area (Å²) in [5.74, 6) is 0.624. The zero-order valence-electron chi connectivity index (χ0n) is 12.6. The van der Waals surface area contributed by atoms with Crippen LogP contribution in [-0.2, 0) is 10.3 Å². The van der Waals surface area contributed by atoms with Crippen molar-refractivity contribution in [2.45, 2.75) is 38.1 Å². The van der Waals surface area contributed by atoms with Crippen LogP contribution < -0.4 is 0 Å². The average Bonchev–Trinajstić information content (AvgIpc) is 3.17. The molecule has 0 unspecified atom stereocenters. The minimum Gasteiger partial charge on any atom is -0.478 e. The standard InChI is InChI=1S/C16H20N2O3/c1-16(2,9-21-3)18-13-8-11(15(19)20)6-7-12(13)17-14(18)10-4-5-10/h6-8,10H,4-5,9H2,1-3H3,(H,19,20). The van der Waals surface area contributed by atoms with Gasteiger partial charge in [-0.05, 0) is 44.9 Å². The molecule has 1 aromatic heterocycles. The number of rotatable bonds is 5. The zero-order valence-corrected chi connectivity index (χ0v) is 12.6. The molecule has 1 heterocycles. The van der Waals surface area contributed by atoms with Gasteiger partial charge in [0, 0.05) is 13.0 Å². The van der Waals surface area contributed by atoms with Gasteiger partial charge in [-0.15, -0.1) is 0 Å². The maximum absolute atomic E-state index is 11.2. The molecule has 1 aliphatic rings. The SMILES string of the molecule is COCC(C)(C)n1c(C2CC2)nc2ccc(C(=O)O)cc21. The Labute approximate surface area is 123 Å². The highest BCUT2D eigenvalue weighted by atomic mass is 16.5. The van der Waals surface area contributed by atoms with E-state index in [9.17, 15) is 9.90 Å². The van der Waals surface area contributed by atoms with E-state index in [0.717, 1.165) is 29.7 Å². The fraction of sp³-hybridized carbons (Fsp3) is 0.500. The molecular formula is C16H20N2O3. The van der Waals surface area contributed by atoms with Gasteiger partial charge in [0.2, 0.25) is 0 Å². The van der Waals surface area contributed by atoms with Crippen molar-refractivity contribution < 1.29 is 14.6 Å². The Morgan fingerprint density at radius 1 is 1.48 bits per heavy atom. The van der Waals surface area contributed by atoms with Crippen molar-refractivity contribution in [1.82, 2.24) is 9.55 Å². The van der Waals surface area contributed by atoms with E-state index in [1.807, 2.05) is 0 Å². The van der Waals surface area contributed by atoms with E-state index >= 15 is 0 Å². The molecule has 0 saturated heterocycles. The first-order valence-corrected chi connectivity index (χ1v) is 7.19. The van der Waals surface area contributed by atoms with Crippen molar-refractivity contribution in [2.24, 2.45) is 0 Å². The lowest BCUT2D eigenvalue weighted by molar-refractivity contribution is 0.0697. The molecule has 1 N–H and O–H groups in total. The lowest BCUT2D eigenvalue weighted by atomic mass is 10.1. The number of carboxylic acid groups (broad SMARTS) is 1. The predicted molar refractivity (Wildman–Crippen MR) is 79.9 cm³/mol. The Bertz CT molecular complexity index is 699. The Balaban J connectivity index is 2.24. The fourth-order valence-electron chi connectivity index (χ4n) is 2.90. The summed E-state index contributed by atoms with van der Waals surface area (Å²) in [6, 6.07) is 5.13. The van der Waals surface area contributed by atoms with Crippen LogP contribution in [0.15, 0.2) is 18.2 Å². The molecule has 0 atom stereocenters. The number of aromatic nitrogens is 2. The third kappa shape index (κ3) is 2.42. The van der Waals surface area contributed by atoms with E-state index in [1.54, 1.807) is 25.3 Å². The molecule has 0 spiro atoms. The molecule has 0 radical (unpaired) electrons. The van der Waals surface area contributed by atoms with E-state index in [1.165, 1.54) is 0 Å². The Morgan fingerprint density at radius 2 is 2.19 bits per heavy atom. The van der Waals surface area contributed by atoms with Crippen molar-refractivity contribution in [3.63, 3.8) is 0 Å². The number of benzene rings is 1. The molecule has 21 heavy (non-hydrogen) atoms. The third-order valence-corrected chi connectivity index (χ3v) is 3.97. The van der Waals surface area contributed by atoms with Gasteiger partial charge in [-0.1, -0.05) is 0 Å². The molecule has 3 rings (SSSR count). The van der Waals surface area contributed by atoms with Crippen molar-refractivity contribution in [3.8, 4) is 0 Å². The molecule has 0 aliphatic heterocycles. The van der Waals surface area contributed by atoms with Crippen molar-refractivity contribution in [1.29, 1.82) is 0 Å². The van der Waals surface area contributed by atoms with Gasteiger partial charge in [0.15, 0.2) is 0 Å². The van der Waals surface area contributed by atoms with Gasteiger partial charge in [0.1, 0.15) is 5.82 Å². The van der Waals surface area contributed by atoms with Gasteiger partial charge in [-0.25, -0.2) is 9.78 Å². The number of nitrogens with zero attached hydrogens (tertiary/aromatic N) is 2. The molecule has 0 bridgehead atoms. The Kier molecular flexibility index (Phi) is 3.24. The van der Waals surface area contributed by atoms with Gasteiger partial charge < -0.3 is 14.4 Å². The first-order valence-electron chi connectivity index (χ1n) is 7.19. The summed E-state index contributed by atoms with van der Waals surface area (Å²) < 4.78 is 7.51. The van der Waals surface area contributed by atoms with Crippen LogP contribution in [0.2, 0.25) is 0 Å². The molecule has 2 aromatic rings. The number of hydrogen-bond donors (Lipinski definition) is 1. The normalized spacial score (nSPS) is 15.6.